The van der Waals surface area contributed by atoms with E-state index >= 15 is 0 Å². The van der Waals surface area contributed by atoms with Crippen LogP contribution < -0.4 is 10.9 Å². The molecule has 154 valence electrons. The van der Waals surface area contributed by atoms with Crippen molar-refractivity contribution in [3.63, 3.8) is 0 Å². The van der Waals surface area contributed by atoms with Gasteiger partial charge in [-0.1, -0.05) is 26.0 Å². The molecule has 2 aromatic heterocycles. The zero-order valence-corrected chi connectivity index (χ0v) is 16.8. The Labute approximate surface area is 172 Å². The largest absolute Gasteiger partial charge is 0.326 e. The van der Waals surface area contributed by atoms with Crippen molar-refractivity contribution in [1.82, 2.24) is 19.2 Å². The number of hydrogen-bond donors (Lipinski definition) is 1. The predicted molar refractivity (Wildman–Crippen MR) is 113 cm³/mol. The fraction of sp³-hybridized carbons (Fsp3) is 0.273. The molecule has 8 heteroatoms. The van der Waals surface area contributed by atoms with Gasteiger partial charge in [-0.15, -0.1) is 10.2 Å². The highest BCUT2D eigenvalue weighted by atomic mass is 19.1. The second-order valence-corrected chi connectivity index (χ2v) is 7.63. The van der Waals surface area contributed by atoms with Crippen LogP contribution in [0.25, 0.3) is 16.7 Å². The third-order valence-corrected chi connectivity index (χ3v) is 4.83. The molecule has 0 saturated carbocycles. The molecule has 0 saturated heterocycles. The van der Waals surface area contributed by atoms with Crippen LogP contribution in [0.2, 0.25) is 0 Å². The third kappa shape index (κ3) is 3.80. The van der Waals surface area contributed by atoms with Gasteiger partial charge in [-0.3, -0.25) is 18.6 Å². The van der Waals surface area contributed by atoms with Crippen LogP contribution in [0.15, 0.2) is 53.3 Å². The van der Waals surface area contributed by atoms with Gasteiger partial charge in [-0.05, 0) is 42.3 Å². The number of anilines is 1. The van der Waals surface area contributed by atoms with E-state index in [2.05, 4.69) is 15.5 Å². The van der Waals surface area contributed by atoms with Gasteiger partial charge in [0.25, 0.3) is 5.56 Å². The highest BCUT2D eigenvalue weighted by Gasteiger charge is 2.17. The predicted octanol–water partition coefficient (Wildman–Crippen LogP) is 3.41. The summed E-state index contributed by atoms with van der Waals surface area (Å²) in [6.45, 7) is 4.60. The van der Waals surface area contributed by atoms with E-state index in [1.165, 1.54) is 24.3 Å². The molecule has 0 spiro atoms. The summed E-state index contributed by atoms with van der Waals surface area (Å²) >= 11 is 0. The van der Waals surface area contributed by atoms with E-state index in [-0.39, 0.29) is 29.6 Å². The van der Waals surface area contributed by atoms with Crippen molar-refractivity contribution in [2.75, 3.05) is 5.32 Å². The third-order valence-electron chi connectivity index (χ3n) is 4.83. The molecule has 0 radical (unpaired) electrons. The second kappa shape index (κ2) is 8.06. The first-order valence-corrected chi connectivity index (χ1v) is 9.85. The number of amides is 1. The van der Waals surface area contributed by atoms with E-state index in [4.69, 9.17) is 0 Å². The van der Waals surface area contributed by atoms with Gasteiger partial charge in [-0.25, -0.2) is 4.39 Å². The summed E-state index contributed by atoms with van der Waals surface area (Å²) < 4.78 is 16.5. The van der Waals surface area contributed by atoms with Crippen LogP contribution in [0.3, 0.4) is 0 Å². The van der Waals surface area contributed by atoms with Crippen molar-refractivity contribution < 1.29 is 9.18 Å². The summed E-state index contributed by atoms with van der Waals surface area (Å²) in [5.41, 5.74) is 1.15. The summed E-state index contributed by atoms with van der Waals surface area (Å²) in [7, 11) is 0. The average molecular weight is 407 g/mol. The van der Waals surface area contributed by atoms with Crippen LogP contribution in [0, 0.1) is 11.7 Å². The summed E-state index contributed by atoms with van der Waals surface area (Å²) in [6.07, 6.45) is 0.522. The van der Waals surface area contributed by atoms with E-state index in [1.807, 2.05) is 36.4 Å². The van der Waals surface area contributed by atoms with Gasteiger partial charge >= 0.3 is 0 Å². The Bertz CT molecular complexity index is 1270. The molecule has 1 amide bonds. The molecule has 0 aliphatic heterocycles. The van der Waals surface area contributed by atoms with Crippen molar-refractivity contribution in [2.45, 2.75) is 33.2 Å². The Kier molecular flexibility index (Phi) is 5.31. The lowest BCUT2D eigenvalue weighted by Crippen LogP contribution is -2.25. The van der Waals surface area contributed by atoms with Crippen LogP contribution in [-0.4, -0.2) is 25.1 Å². The Balaban J connectivity index is 1.66. The molecule has 0 aliphatic rings. The van der Waals surface area contributed by atoms with E-state index in [1.54, 1.807) is 10.6 Å². The van der Waals surface area contributed by atoms with Gasteiger partial charge in [0.1, 0.15) is 11.6 Å². The minimum absolute atomic E-state index is 0.0974. The standard InChI is InChI=1S/C22H22FN5O2/c1-14(2)13-27-21(30)17-5-3-4-6-18(17)28-19(25-26-22(27)28)11-12-20(29)24-16-9-7-15(23)8-10-16/h3-10,14H,11-13H2,1-2H3,(H,24,29). The van der Waals surface area contributed by atoms with Gasteiger partial charge in [0.05, 0.1) is 10.9 Å². The lowest BCUT2D eigenvalue weighted by molar-refractivity contribution is -0.116. The molecule has 4 aromatic rings. The minimum atomic E-state index is -0.359. The monoisotopic (exact) mass is 407 g/mol. The minimum Gasteiger partial charge on any atom is -0.326 e. The van der Waals surface area contributed by atoms with Crippen LogP contribution >= 0.6 is 0 Å². The summed E-state index contributed by atoms with van der Waals surface area (Å²) in [4.78, 5) is 25.3. The molecule has 2 aromatic carbocycles. The Morgan fingerprint density at radius 1 is 1.10 bits per heavy atom. The molecular weight excluding hydrogens is 385 g/mol. The number of aryl methyl sites for hydroxylation is 1. The Hall–Kier alpha value is -3.55. The Morgan fingerprint density at radius 3 is 2.57 bits per heavy atom. The van der Waals surface area contributed by atoms with Crippen LogP contribution in [0.1, 0.15) is 26.1 Å². The number of para-hydroxylation sites is 1. The van der Waals surface area contributed by atoms with Gasteiger partial charge in [0, 0.05) is 25.1 Å². The highest BCUT2D eigenvalue weighted by Crippen LogP contribution is 2.17. The molecule has 2 heterocycles. The maximum Gasteiger partial charge on any atom is 0.262 e. The number of benzene rings is 2. The number of halogens is 1. The van der Waals surface area contributed by atoms with Crippen LogP contribution in [0.4, 0.5) is 10.1 Å². The number of carbonyl (C=O) groups is 1. The highest BCUT2D eigenvalue weighted by molar-refractivity contribution is 5.90. The first-order chi connectivity index (χ1) is 14.4. The molecule has 30 heavy (non-hydrogen) atoms. The van der Waals surface area contributed by atoms with Crippen molar-refractivity contribution in [3.8, 4) is 0 Å². The molecular formula is C22H22FN5O2. The number of rotatable bonds is 6. The number of nitrogens with zero attached hydrogens (tertiary/aromatic N) is 4. The smallest absolute Gasteiger partial charge is 0.262 e. The van der Waals surface area contributed by atoms with E-state index in [9.17, 15) is 14.0 Å². The molecule has 0 bridgehead atoms. The second-order valence-electron chi connectivity index (χ2n) is 7.63. The maximum absolute atomic E-state index is 13.0. The van der Waals surface area contributed by atoms with Crippen LogP contribution in [0.5, 0.6) is 0 Å². The first-order valence-electron chi connectivity index (χ1n) is 9.85. The van der Waals surface area contributed by atoms with Crippen LogP contribution in [-0.2, 0) is 17.8 Å². The normalized spacial score (nSPS) is 11.5. The molecule has 0 atom stereocenters. The zero-order valence-electron chi connectivity index (χ0n) is 16.8. The van der Waals surface area contributed by atoms with Crippen molar-refractivity contribution in [1.29, 1.82) is 0 Å². The number of aromatic nitrogens is 4. The fourth-order valence-corrected chi connectivity index (χ4v) is 3.49. The van der Waals surface area contributed by atoms with E-state index in [0.29, 0.717) is 35.6 Å². The van der Waals surface area contributed by atoms with Crippen molar-refractivity contribution in [2.24, 2.45) is 5.92 Å². The number of nitrogens with one attached hydrogen (secondary N) is 1. The fourth-order valence-electron chi connectivity index (χ4n) is 3.49. The summed E-state index contributed by atoms with van der Waals surface area (Å²) in [5.74, 6) is 0.768. The molecule has 1 N–H and O–H groups in total. The topological polar surface area (TPSA) is 81.3 Å². The first kappa shape index (κ1) is 19.8. The quantitative estimate of drug-likeness (QED) is 0.531. The van der Waals surface area contributed by atoms with E-state index < -0.39 is 0 Å². The molecule has 7 nitrogen and oxygen atoms in total. The molecule has 4 rings (SSSR count). The molecule has 0 fully saturated rings. The average Bonchev–Trinajstić information content (AvgIpc) is 3.15. The molecule has 0 aliphatic carbocycles. The van der Waals surface area contributed by atoms with Crippen molar-refractivity contribution in [3.05, 3.63) is 70.5 Å². The lowest BCUT2D eigenvalue weighted by atomic mass is 10.2. The summed E-state index contributed by atoms with van der Waals surface area (Å²) in [6, 6.07) is 12.9. The number of hydrogen-bond acceptors (Lipinski definition) is 4. The zero-order chi connectivity index (χ0) is 21.3. The SMILES string of the molecule is CC(C)Cn1c(=O)c2ccccc2n2c(CCC(=O)Nc3ccc(F)cc3)nnc12. The van der Waals surface area contributed by atoms with Gasteiger partial charge in [-0.2, -0.15) is 0 Å². The lowest BCUT2D eigenvalue weighted by Gasteiger charge is -2.13. The van der Waals surface area contributed by atoms with E-state index in [0.717, 1.165) is 5.52 Å². The number of carbonyl (C=O) groups excluding carboxylic acids is 1. The summed E-state index contributed by atoms with van der Waals surface area (Å²) in [5, 5.41) is 11.9. The van der Waals surface area contributed by atoms with Gasteiger partial charge in [0.15, 0.2) is 0 Å². The number of fused-ring (bicyclic) bond motifs is 3. The van der Waals surface area contributed by atoms with Gasteiger partial charge in [0.2, 0.25) is 11.7 Å². The van der Waals surface area contributed by atoms with Crippen molar-refractivity contribution >= 4 is 28.3 Å². The Morgan fingerprint density at radius 2 is 1.83 bits per heavy atom. The van der Waals surface area contributed by atoms with Gasteiger partial charge < -0.3 is 5.32 Å². The maximum atomic E-state index is 13.0. The molecule has 0 unspecified atom stereocenters.